The Morgan fingerprint density at radius 2 is 2.14 bits per heavy atom. The minimum absolute atomic E-state index is 0.0530. The van der Waals surface area contributed by atoms with Crippen LogP contribution in [-0.2, 0) is 4.79 Å². The first-order chi connectivity index (χ1) is 9.88. The van der Waals surface area contributed by atoms with E-state index >= 15 is 0 Å². The van der Waals surface area contributed by atoms with Crippen LogP contribution in [0.3, 0.4) is 0 Å². The molecule has 6 heteroatoms. The zero-order chi connectivity index (χ0) is 15.6. The van der Waals surface area contributed by atoms with E-state index in [2.05, 4.69) is 0 Å². The molecule has 21 heavy (non-hydrogen) atoms. The second-order valence-electron chi connectivity index (χ2n) is 5.50. The molecular formula is C15H20F2N2O2. The smallest absolute Gasteiger partial charge is 0.263 e. The SMILES string of the molecule is CC(Oc1ccc(F)c(F)c1)C(=O)N1CCC(N)CC1C. The lowest BCUT2D eigenvalue weighted by Gasteiger charge is -2.37. The Hall–Kier alpha value is -1.69. The van der Waals surface area contributed by atoms with Crippen LogP contribution in [0.1, 0.15) is 26.7 Å². The molecule has 3 atom stereocenters. The highest BCUT2D eigenvalue weighted by atomic mass is 19.2. The Morgan fingerprint density at radius 1 is 1.43 bits per heavy atom. The van der Waals surface area contributed by atoms with Crippen LogP contribution in [0, 0.1) is 11.6 Å². The molecule has 1 aliphatic heterocycles. The van der Waals surface area contributed by atoms with Crippen molar-refractivity contribution in [3.8, 4) is 5.75 Å². The maximum absolute atomic E-state index is 13.1. The molecule has 0 aromatic heterocycles. The molecule has 1 saturated heterocycles. The fraction of sp³-hybridized carbons (Fsp3) is 0.533. The first kappa shape index (κ1) is 15.7. The van der Waals surface area contributed by atoms with Crippen molar-refractivity contribution in [2.45, 2.75) is 44.9 Å². The van der Waals surface area contributed by atoms with Crippen molar-refractivity contribution in [2.75, 3.05) is 6.54 Å². The highest BCUT2D eigenvalue weighted by Gasteiger charge is 2.30. The number of hydrogen-bond donors (Lipinski definition) is 1. The zero-order valence-corrected chi connectivity index (χ0v) is 12.2. The standard InChI is InChI=1S/C15H20F2N2O2/c1-9-7-11(18)5-6-19(9)15(20)10(2)21-12-3-4-13(16)14(17)8-12/h3-4,8-11H,5-7,18H2,1-2H3. The molecule has 1 amide bonds. The van der Waals surface area contributed by atoms with Gasteiger partial charge in [0.05, 0.1) is 0 Å². The van der Waals surface area contributed by atoms with Gasteiger partial charge in [-0.05, 0) is 38.8 Å². The molecule has 0 radical (unpaired) electrons. The highest BCUT2D eigenvalue weighted by Crippen LogP contribution is 2.20. The van der Waals surface area contributed by atoms with Crippen LogP contribution < -0.4 is 10.5 Å². The van der Waals surface area contributed by atoms with Crippen LogP contribution in [-0.4, -0.2) is 35.5 Å². The van der Waals surface area contributed by atoms with Crippen molar-refractivity contribution in [3.05, 3.63) is 29.8 Å². The molecule has 1 fully saturated rings. The van der Waals surface area contributed by atoms with E-state index in [1.54, 1.807) is 11.8 Å². The second-order valence-corrected chi connectivity index (χ2v) is 5.50. The van der Waals surface area contributed by atoms with Gasteiger partial charge in [0, 0.05) is 24.7 Å². The van der Waals surface area contributed by atoms with Crippen molar-refractivity contribution in [3.63, 3.8) is 0 Å². The third-order valence-electron chi connectivity index (χ3n) is 3.75. The van der Waals surface area contributed by atoms with E-state index in [1.807, 2.05) is 6.92 Å². The Morgan fingerprint density at radius 3 is 2.76 bits per heavy atom. The average molecular weight is 298 g/mol. The monoisotopic (exact) mass is 298 g/mol. The molecule has 4 nitrogen and oxygen atoms in total. The van der Waals surface area contributed by atoms with Gasteiger partial charge in [-0.3, -0.25) is 4.79 Å². The molecule has 0 aliphatic carbocycles. The number of piperidine rings is 1. The minimum Gasteiger partial charge on any atom is -0.481 e. The number of hydrogen-bond acceptors (Lipinski definition) is 3. The molecule has 1 aromatic carbocycles. The summed E-state index contributed by atoms with van der Waals surface area (Å²) in [5, 5.41) is 0. The van der Waals surface area contributed by atoms with Crippen LogP contribution in [0.25, 0.3) is 0 Å². The summed E-state index contributed by atoms with van der Waals surface area (Å²) in [4.78, 5) is 14.1. The maximum atomic E-state index is 13.1. The lowest BCUT2D eigenvalue weighted by molar-refractivity contribution is -0.141. The molecule has 3 unspecified atom stereocenters. The van der Waals surface area contributed by atoms with Gasteiger partial charge in [-0.25, -0.2) is 8.78 Å². The molecule has 1 aliphatic rings. The molecule has 0 saturated carbocycles. The first-order valence-electron chi connectivity index (χ1n) is 7.06. The predicted octanol–water partition coefficient (Wildman–Crippen LogP) is 2.07. The third-order valence-corrected chi connectivity index (χ3v) is 3.75. The van der Waals surface area contributed by atoms with Crippen molar-refractivity contribution >= 4 is 5.91 Å². The Bertz CT molecular complexity index is 524. The van der Waals surface area contributed by atoms with E-state index in [0.29, 0.717) is 6.54 Å². The Labute approximate surface area is 122 Å². The highest BCUT2D eigenvalue weighted by molar-refractivity contribution is 5.81. The Balaban J connectivity index is 2.00. The number of rotatable bonds is 3. The summed E-state index contributed by atoms with van der Waals surface area (Å²) >= 11 is 0. The summed E-state index contributed by atoms with van der Waals surface area (Å²) in [6, 6.07) is 3.39. The second kappa shape index (κ2) is 6.39. The molecule has 0 spiro atoms. The largest absolute Gasteiger partial charge is 0.481 e. The quantitative estimate of drug-likeness (QED) is 0.929. The predicted molar refractivity (Wildman–Crippen MR) is 74.8 cm³/mol. The van der Waals surface area contributed by atoms with Gasteiger partial charge in [0.2, 0.25) is 0 Å². The van der Waals surface area contributed by atoms with Gasteiger partial charge < -0.3 is 15.4 Å². The van der Waals surface area contributed by atoms with E-state index in [1.165, 1.54) is 6.07 Å². The zero-order valence-electron chi connectivity index (χ0n) is 12.2. The molecular weight excluding hydrogens is 278 g/mol. The van der Waals surface area contributed by atoms with E-state index in [9.17, 15) is 13.6 Å². The number of ether oxygens (including phenoxy) is 1. The molecule has 116 valence electrons. The van der Waals surface area contributed by atoms with Gasteiger partial charge in [0.25, 0.3) is 5.91 Å². The fourth-order valence-electron chi connectivity index (χ4n) is 2.57. The number of carbonyl (C=O) groups excluding carboxylic acids is 1. The normalized spacial score (nSPS) is 23.8. The number of halogens is 2. The summed E-state index contributed by atoms with van der Waals surface area (Å²) in [6.07, 6.45) is 0.754. The van der Waals surface area contributed by atoms with Crippen LogP contribution in [0.5, 0.6) is 5.75 Å². The summed E-state index contributed by atoms with van der Waals surface area (Å²) < 4.78 is 31.4. The molecule has 1 heterocycles. The van der Waals surface area contributed by atoms with Crippen molar-refractivity contribution in [1.82, 2.24) is 4.90 Å². The topological polar surface area (TPSA) is 55.6 Å². The van der Waals surface area contributed by atoms with Crippen LogP contribution in [0.15, 0.2) is 18.2 Å². The van der Waals surface area contributed by atoms with Crippen LogP contribution in [0.2, 0.25) is 0 Å². The van der Waals surface area contributed by atoms with Gasteiger partial charge in [0.1, 0.15) is 5.75 Å². The Kier molecular flexibility index (Phi) is 4.77. The van der Waals surface area contributed by atoms with Gasteiger partial charge in [-0.15, -0.1) is 0 Å². The van der Waals surface area contributed by atoms with Crippen LogP contribution >= 0.6 is 0 Å². The van der Waals surface area contributed by atoms with E-state index in [0.717, 1.165) is 25.0 Å². The number of nitrogens with two attached hydrogens (primary N) is 1. The summed E-state index contributed by atoms with van der Waals surface area (Å²) in [5.41, 5.74) is 5.87. The number of carbonyl (C=O) groups is 1. The number of amides is 1. The van der Waals surface area contributed by atoms with Crippen molar-refractivity contribution in [2.24, 2.45) is 5.73 Å². The first-order valence-corrected chi connectivity index (χ1v) is 7.06. The van der Waals surface area contributed by atoms with E-state index in [4.69, 9.17) is 10.5 Å². The van der Waals surface area contributed by atoms with E-state index < -0.39 is 17.7 Å². The molecule has 1 aromatic rings. The lowest BCUT2D eigenvalue weighted by Crippen LogP contribution is -2.51. The number of benzene rings is 1. The average Bonchev–Trinajstić information content (AvgIpc) is 2.42. The molecule has 0 bridgehead atoms. The van der Waals surface area contributed by atoms with Gasteiger partial charge >= 0.3 is 0 Å². The molecule has 2 rings (SSSR count). The third kappa shape index (κ3) is 3.69. The summed E-state index contributed by atoms with van der Waals surface area (Å²) in [7, 11) is 0. The lowest BCUT2D eigenvalue weighted by atomic mass is 9.98. The fourth-order valence-corrected chi connectivity index (χ4v) is 2.57. The maximum Gasteiger partial charge on any atom is 0.263 e. The summed E-state index contributed by atoms with van der Waals surface area (Å²) in [5.74, 6) is -1.97. The number of likely N-dealkylation sites (tertiary alicyclic amines) is 1. The van der Waals surface area contributed by atoms with Crippen molar-refractivity contribution in [1.29, 1.82) is 0 Å². The van der Waals surface area contributed by atoms with Crippen LogP contribution in [0.4, 0.5) is 8.78 Å². The van der Waals surface area contributed by atoms with Gasteiger partial charge in [-0.1, -0.05) is 0 Å². The van der Waals surface area contributed by atoms with Gasteiger partial charge in [0.15, 0.2) is 17.7 Å². The van der Waals surface area contributed by atoms with Gasteiger partial charge in [-0.2, -0.15) is 0 Å². The van der Waals surface area contributed by atoms with Crippen molar-refractivity contribution < 1.29 is 18.3 Å². The summed E-state index contributed by atoms with van der Waals surface area (Å²) in [6.45, 7) is 4.14. The minimum atomic E-state index is -0.996. The number of nitrogens with zero attached hydrogens (tertiary/aromatic N) is 1. The van der Waals surface area contributed by atoms with E-state index in [-0.39, 0.29) is 23.7 Å². The molecule has 2 N–H and O–H groups in total.